The van der Waals surface area contributed by atoms with Gasteiger partial charge in [-0.05, 0) is 30.4 Å². The molecule has 3 rings (SSSR count). The molecule has 2 N–H and O–H groups in total. The maximum atomic E-state index is 4.47. The maximum Gasteiger partial charge on any atom is 0.191 e. The quantitative estimate of drug-likeness (QED) is 0.309. The molecule has 0 saturated heterocycles. The summed E-state index contributed by atoms with van der Waals surface area (Å²) in [5.74, 6) is 2.45. The number of halogens is 2. The van der Waals surface area contributed by atoms with E-state index in [4.69, 9.17) is 0 Å². The van der Waals surface area contributed by atoms with Crippen molar-refractivity contribution in [2.24, 2.45) is 10.9 Å². The minimum Gasteiger partial charge on any atom is -0.356 e. The van der Waals surface area contributed by atoms with E-state index in [1.54, 1.807) is 0 Å². The van der Waals surface area contributed by atoms with Crippen molar-refractivity contribution in [1.82, 2.24) is 20.2 Å². The number of imidazole rings is 1. The number of nitrogens with zero attached hydrogens (tertiary/aromatic N) is 3. The Morgan fingerprint density at radius 2 is 2.04 bits per heavy atom. The fourth-order valence-electron chi connectivity index (χ4n) is 3.29. The Hall–Kier alpha value is -1.09. The Balaban J connectivity index is 0.00000261. The monoisotopic (exact) mass is 545 g/mol. The lowest BCUT2D eigenvalue weighted by molar-refractivity contribution is 0.503. The molecule has 1 heterocycles. The second-order valence-corrected chi connectivity index (χ2v) is 8.28. The van der Waals surface area contributed by atoms with Crippen LogP contribution in [0.5, 0.6) is 0 Å². The molecule has 0 unspecified atom stereocenters. The van der Waals surface area contributed by atoms with Crippen LogP contribution >= 0.6 is 39.9 Å². The molecule has 1 aliphatic rings. The van der Waals surface area contributed by atoms with Crippen LogP contribution in [0, 0.1) is 5.92 Å². The molecule has 0 amide bonds. The molecule has 0 bridgehead atoms. The highest BCUT2D eigenvalue weighted by Crippen LogP contribution is 2.49. The van der Waals surface area contributed by atoms with Crippen LogP contribution in [0.2, 0.25) is 0 Å². The molecule has 1 aliphatic carbocycles. The lowest BCUT2D eigenvalue weighted by atomic mass is 9.96. The zero-order valence-corrected chi connectivity index (χ0v) is 20.1. The third kappa shape index (κ3) is 5.70. The van der Waals surface area contributed by atoms with E-state index in [1.165, 1.54) is 22.9 Å². The zero-order valence-electron chi connectivity index (χ0n) is 16.2. The minimum absolute atomic E-state index is 0. The maximum absolute atomic E-state index is 4.47. The highest BCUT2D eigenvalue weighted by molar-refractivity contribution is 14.0. The molecule has 1 fully saturated rings. The number of guanidine groups is 1. The lowest BCUT2D eigenvalue weighted by Crippen LogP contribution is -2.41. The Bertz CT molecular complexity index is 767. The summed E-state index contributed by atoms with van der Waals surface area (Å²) in [5.41, 5.74) is 1.60. The van der Waals surface area contributed by atoms with Crippen LogP contribution in [-0.2, 0) is 18.5 Å². The summed E-state index contributed by atoms with van der Waals surface area (Å²) in [5, 5.41) is 6.90. The average Bonchev–Trinajstić information content (AvgIpc) is 3.28. The van der Waals surface area contributed by atoms with Gasteiger partial charge in [0, 0.05) is 42.4 Å². The van der Waals surface area contributed by atoms with Gasteiger partial charge in [0.05, 0.1) is 6.54 Å². The Morgan fingerprint density at radius 1 is 1.30 bits per heavy atom. The van der Waals surface area contributed by atoms with Crippen molar-refractivity contribution in [3.05, 3.63) is 52.5 Å². The number of benzene rings is 1. The average molecular weight is 546 g/mol. The third-order valence-electron chi connectivity index (χ3n) is 4.89. The normalized spacial score (nSPS) is 15.4. The van der Waals surface area contributed by atoms with Crippen molar-refractivity contribution >= 4 is 45.9 Å². The van der Waals surface area contributed by atoms with E-state index in [1.807, 2.05) is 19.4 Å². The van der Waals surface area contributed by atoms with Gasteiger partial charge in [-0.2, -0.15) is 0 Å². The van der Waals surface area contributed by atoms with E-state index < -0.39 is 0 Å². The van der Waals surface area contributed by atoms with Gasteiger partial charge < -0.3 is 15.2 Å². The molecule has 0 radical (unpaired) electrons. The zero-order chi connectivity index (χ0) is 18.6. The van der Waals surface area contributed by atoms with Gasteiger partial charge in [0.15, 0.2) is 5.96 Å². The van der Waals surface area contributed by atoms with Crippen LogP contribution in [-0.4, -0.2) is 29.1 Å². The molecule has 148 valence electrons. The summed E-state index contributed by atoms with van der Waals surface area (Å²) in [6.45, 7) is 6.97. The van der Waals surface area contributed by atoms with Crippen LogP contribution < -0.4 is 10.6 Å². The van der Waals surface area contributed by atoms with Gasteiger partial charge in [0.2, 0.25) is 0 Å². The van der Waals surface area contributed by atoms with Crippen LogP contribution in [0.25, 0.3) is 0 Å². The summed E-state index contributed by atoms with van der Waals surface area (Å²) in [7, 11) is 1.81. The topological polar surface area (TPSA) is 54.2 Å². The number of hydrogen-bond acceptors (Lipinski definition) is 2. The Kier molecular flexibility index (Phi) is 8.15. The molecule has 1 aromatic carbocycles. The van der Waals surface area contributed by atoms with Crippen LogP contribution in [0.1, 0.15) is 38.1 Å². The van der Waals surface area contributed by atoms with Crippen LogP contribution in [0.4, 0.5) is 0 Å². The fourth-order valence-corrected chi connectivity index (χ4v) is 3.99. The number of rotatable bonds is 7. The minimum atomic E-state index is 0. The molecule has 1 aromatic heterocycles. The summed E-state index contributed by atoms with van der Waals surface area (Å²) < 4.78 is 3.40. The predicted molar refractivity (Wildman–Crippen MR) is 126 cm³/mol. The molecule has 27 heavy (non-hydrogen) atoms. The van der Waals surface area contributed by atoms with Crippen molar-refractivity contribution in [1.29, 1.82) is 0 Å². The summed E-state index contributed by atoms with van der Waals surface area (Å²) in [6.07, 6.45) is 6.32. The second-order valence-electron chi connectivity index (χ2n) is 7.43. The molecular weight excluding hydrogens is 517 g/mol. The first-order valence-corrected chi connectivity index (χ1v) is 10.0. The summed E-state index contributed by atoms with van der Waals surface area (Å²) in [4.78, 5) is 8.84. The summed E-state index contributed by atoms with van der Waals surface area (Å²) in [6, 6.07) is 8.52. The van der Waals surface area contributed by atoms with Gasteiger partial charge in [-0.3, -0.25) is 4.99 Å². The predicted octanol–water partition coefficient (Wildman–Crippen LogP) is 4.32. The number of hydrogen-bond donors (Lipinski definition) is 2. The van der Waals surface area contributed by atoms with Gasteiger partial charge in [-0.25, -0.2) is 4.98 Å². The van der Waals surface area contributed by atoms with Gasteiger partial charge in [0.1, 0.15) is 5.82 Å². The molecule has 1 saturated carbocycles. The molecule has 2 aromatic rings. The molecule has 0 spiro atoms. The lowest BCUT2D eigenvalue weighted by Gasteiger charge is -2.20. The van der Waals surface area contributed by atoms with Crippen LogP contribution in [0.3, 0.4) is 0 Å². The SMILES string of the molecule is CN=C(NCc1nccn1CC(C)C)NCC1(c2ccccc2Br)CC1.I. The van der Waals surface area contributed by atoms with E-state index >= 15 is 0 Å². The Labute approximate surface area is 187 Å². The van der Waals surface area contributed by atoms with Gasteiger partial charge in [0.25, 0.3) is 0 Å². The Morgan fingerprint density at radius 3 is 2.67 bits per heavy atom. The van der Waals surface area contributed by atoms with E-state index in [2.05, 4.69) is 79.2 Å². The number of aliphatic imine (C=N–C) groups is 1. The van der Waals surface area contributed by atoms with E-state index in [0.29, 0.717) is 12.5 Å². The first kappa shape index (κ1) is 22.2. The van der Waals surface area contributed by atoms with E-state index in [-0.39, 0.29) is 29.4 Å². The van der Waals surface area contributed by atoms with E-state index in [9.17, 15) is 0 Å². The molecule has 0 aliphatic heterocycles. The van der Waals surface area contributed by atoms with Gasteiger partial charge in [-0.15, -0.1) is 24.0 Å². The smallest absolute Gasteiger partial charge is 0.191 e. The van der Waals surface area contributed by atoms with Crippen molar-refractivity contribution in [3.8, 4) is 0 Å². The van der Waals surface area contributed by atoms with Gasteiger partial charge in [-0.1, -0.05) is 48.0 Å². The summed E-state index contributed by atoms with van der Waals surface area (Å²) >= 11 is 3.70. The molecule has 7 heteroatoms. The van der Waals surface area contributed by atoms with Crippen molar-refractivity contribution in [2.45, 2.75) is 45.2 Å². The van der Waals surface area contributed by atoms with Gasteiger partial charge >= 0.3 is 0 Å². The molecule has 0 atom stereocenters. The first-order valence-electron chi connectivity index (χ1n) is 9.23. The standard InChI is InChI=1S/C20H28BrN5.HI/c1-15(2)13-26-11-10-23-18(26)12-24-19(22-3)25-14-20(8-9-20)16-6-4-5-7-17(16)21;/h4-7,10-11,15H,8-9,12-14H2,1-3H3,(H2,22,24,25);1H. The molecule has 5 nitrogen and oxygen atoms in total. The number of aromatic nitrogens is 2. The van der Waals surface area contributed by atoms with Crippen molar-refractivity contribution in [2.75, 3.05) is 13.6 Å². The number of nitrogens with one attached hydrogen (secondary N) is 2. The molecular formula is C20H29BrIN5. The van der Waals surface area contributed by atoms with Crippen LogP contribution in [0.15, 0.2) is 46.1 Å². The second kappa shape index (κ2) is 9.91. The highest BCUT2D eigenvalue weighted by Gasteiger charge is 2.45. The highest BCUT2D eigenvalue weighted by atomic mass is 127. The third-order valence-corrected chi connectivity index (χ3v) is 5.59. The van der Waals surface area contributed by atoms with E-state index in [0.717, 1.165) is 24.9 Å². The fraction of sp³-hybridized carbons (Fsp3) is 0.500. The van der Waals surface area contributed by atoms with Crippen molar-refractivity contribution in [3.63, 3.8) is 0 Å². The first-order chi connectivity index (χ1) is 12.5. The van der Waals surface area contributed by atoms with Crippen molar-refractivity contribution < 1.29 is 0 Å². The largest absolute Gasteiger partial charge is 0.356 e.